The molecule has 5 unspecified atom stereocenters. The van der Waals surface area contributed by atoms with Crippen molar-refractivity contribution in [3.8, 4) is 0 Å². The quantitative estimate of drug-likeness (QED) is 0.311. The van der Waals surface area contributed by atoms with Crippen molar-refractivity contribution in [2.24, 2.45) is 5.41 Å². The van der Waals surface area contributed by atoms with E-state index in [2.05, 4.69) is 49.1 Å². The zero-order chi connectivity index (χ0) is 22.9. The van der Waals surface area contributed by atoms with Gasteiger partial charge in [-0.05, 0) is 52.5 Å². The summed E-state index contributed by atoms with van der Waals surface area (Å²) >= 11 is 5.26. The van der Waals surface area contributed by atoms with E-state index in [1.54, 1.807) is 0 Å². The summed E-state index contributed by atoms with van der Waals surface area (Å²) in [5, 5.41) is 24.2. The van der Waals surface area contributed by atoms with E-state index in [4.69, 9.17) is 11.5 Å². The van der Waals surface area contributed by atoms with Crippen LogP contribution in [-0.4, -0.2) is 47.7 Å². The second-order valence-electron chi connectivity index (χ2n) is 9.10. The molecule has 170 valence electrons. The first-order chi connectivity index (χ1) is 15.9. The fourth-order valence-electron chi connectivity index (χ4n) is 5.44. The number of halogens is 1. The van der Waals surface area contributed by atoms with Gasteiger partial charge >= 0.3 is 0 Å². The van der Waals surface area contributed by atoms with E-state index >= 15 is 0 Å². The minimum absolute atomic E-state index is 0.209. The number of aromatic nitrogens is 4. The van der Waals surface area contributed by atoms with Gasteiger partial charge in [-0.3, -0.25) is 0 Å². The van der Waals surface area contributed by atoms with Crippen LogP contribution in [0.3, 0.4) is 0 Å². The number of benzene rings is 1. The molecule has 1 aromatic carbocycles. The summed E-state index contributed by atoms with van der Waals surface area (Å²) in [6.45, 7) is 0. The SMILES string of the molecule is Nc1nc2cc(C3CC4(CS3)CC(n3ccc5c(N)ncnc53)C(O)C4O)ccc2cc1Br. The third kappa shape index (κ3) is 3.23. The summed E-state index contributed by atoms with van der Waals surface area (Å²) in [4.78, 5) is 12.9. The number of nitrogens with two attached hydrogens (primary N) is 2. The monoisotopic (exact) mass is 526 g/mol. The summed E-state index contributed by atoms with van der Waals surface area (Å²) in [5.74, 6) is 1.66. The lowest BCUT2D eigenvalue weighted by Gasteiger charge is -2.27. The van der Waals surface area contributed by atoms with Gasteiger partial charge in [0.15, 0.2) is 0 Å². The number of nitrogen functional groups attached to an aromatic ring is 2. The zero-order valence-electron chi connectivity index (χ0n) is 17.6. The van der Waals surface area contributed by atoms with Gasteiger partial charge in [0.2, 0.25) is 0 Å². The highest BCUT2D eigenvalue weighted by atomic mass is 79.9. The molecule has 1 spiro atoms. The first-order valence-corrected chi connectivity index (χ1v) is 12.6. The van der Waals surface area contributed by atoms with E-state index in [9.17, 15) is 10.2 Å². The average molecular weight is 527 g/mol. The highest BCUT2D eigenvalue weighted by Gasteiger charge is 2.56. The summed E-state index contributed by atoms with van der Waals surface area (Å²) in [7, 11) is 0. The van der Waals surface area contributed by atoms with Crippen LogP contribution in [0.2, 0.25) is 0 Å². The third-order valence-electron chi connectivity index (χ3n) is 7.22. The molecule has 4 heterocycles. The second-order valence-corrected chi connectivity index (χ2v) is 11.1. The topological polar surface area (TPSA) is 136 Å². The summed E-state index contributed by atoms with van der Waals surface area (Å²) in [6.07, 6.45) is 3.06. The Bertz CT molecular complexity index is 1400. The Kier molecular flexibility index (Phi) is 4.84. The van der Waals surface area contributed by atoms with Crippen molar-refractivity contribution in [2.45, 2.75) is 36.3 Å². The normalized spacial score (nSPS) is 29.5. The lowest BCUT2D eigenvalue weighted by Crippen LogP contribution is -2.36. The summed E-state index contributed by atoms with van der Waals surface area (Å²) in [5.41, 5.74) is 14.3. The van der Waals surface area contributed by atoms with E-state index in [-0.39, 0.29) is 16.7 Å². The standard InChI is InChI=1S/C23H23BrN6O2S/c24-14-5-11-1-2-12(6-15(11)29-21(14)26)17-8-23(9-33-17)7-16(18(31)19(23)32)30-4-3-13-20(25)27-10-28-22(13)30/h1-6,10,16-19,31-32H,7-9H2,(H2,26,29)(H2,25,27,28). The van der Waals surface area contributed by atoms with Gasteiger partial charge in [0, 0.05) is 28.0 Å². The van der Waals surface area contributed by atoms with E-state index in [1.807, 2.05) is 34.7 Å². The molecule has 0 bridgehead atoms. The molecule has 6 N–H and O–H groups in total. The Balaban J connectivity index is 1.30. The number of rotatable bonds is 2. The van der Waals surface area contributed by atoms with Gasteiger partial charge in [-0.1, -0.05) is 12.1 Å². The number of thioether (sulfide) groups is 1. The maximum Gasteiger partial charge on any atom is 0.145 e. The Morgan fingerprint density at radius 3 is 2.79 bits per heavy atom. The third-order valence-corrected chi connectivity index (χ3v) is 9.43. The number of fused-ring (bicyclic) bond motifs is 2. The van der Waals surface area contributed by atoms with Crippen LogP contribution in [0.4, 0.5) is 11.6 Å². The number of nitrogens with zero attached hydrogens (tertiary/aromatic N) is 4. The molecule has 2 aliphatic rings. The van der Waals surface area contributed by atoms with Crippen molar-refractivity contribution >= 4 is 61.3 Å². The number of aliphatic hydroxyl groups excluding tert-OH is 2. The van der Waals surface area contributed by atoms with Gasteiger partial charge in [-0.2, -0.15) is 11.8 Å². The highest BCUT2D eigenvalue weighted by molar-refractivity contribution is 9.10. The predicted molar refractivity (Wildman–Crippen MR) is 134 cm³/mol. The van der Waals surface area contributed by atoms with Crippen molar-refractivity contribution in [3.05, 3.63) is 52.9 Å². The number of pyridine rings is 1. The summed E-state index contributed by atoms with van der Waals surface area (Å²) < 4.78 is 2.73. The second kappa shape index (κ2) is 7.56. The smallest absolute Gasteiger partial charge is 0.145 e. The van der Waals surface area contributed by atoms with Crippen LogP contribution >= 0.6 is 27.7 Å². The molecular weight excluding hydrogens is 504 g/mol. The van der Waals surface area contributed by atoms with E-state index < -0.39 is 12.2 Å². The molecule has 10 heteroatoms. The Hall–Kier alpha value is -2.40. The molecule has 4 aromatic rings. The zero-order valence-corrected chi connectivity index (χ0v) is 20.0. The predicted octanol–water partition coefficient (Wildman–Crippen LogP) is 3.44. The van der Waals surface area contributed by atoms with Crippen molar-refractivity contribution in [1.29, 1.82) is 0 Å². The molecule has 1 saturated heterocycles. The molecule has 5 atom stereocenters. The Morgan fingerprint density at radius 1 is 1.09 bits per heavy atom. The summed E-state index contributed by atoms with van der Waals surface area (Å²) in [6, 6.07) is 9.84. The highest BCUT2D eigenvalue weighted by Crippen LogP contribution is 2.59. The lowest BCUT2D eigenvalue weighted by molar-refractivity contribution is -0.0204. The lowest BCUT2D eigenvalue weighted by atomic mass is 9.80. The van der Waals surface area contributed by atoms with Crippen LogP contribution < -0.4 is 11.5 Å². The first kappa shape index (κ1) is 21.2. The minimum Gasteiger partial charge on any atom is -0.390 e. The first-order valence-electron chi connectivity index (χ1n) is 10.8. The van der Waals surface area contributed by atoms with Crippen molar-refractivity contribution in [3.63, 3.8) is 0 Å². The molecular formula is C23H23BrN6O2S. The van der Waals surface area contributed by atoms with E-state index in [1.165, 1.54) is 6.33 Å². The van der Waals surface area contributed by atoms with Crippen molar-refractivity contribution in [1.82, 2.24) is 19.5 Å². The van der Waals surface area contributed by atoms with Crippen LogP contribution in [-0.2, 0) is 0 Å². The molecule has 8 nitrogen and oxygen atoms in total. The van der Waals surface area contributed by atoms with E-state index in [0.717, 1.165) is 38.5 Å². The van der Waals surface area contributed by atoms with Crippen LogP contribution in [0.1, 0.15) is 29.7 Å². The maximum atomic E-state index is 11.2. The molecule has 1 aliphatic heterocycles. The van der Waals surface area contributed by atoms with Gasteiger partial charge in [0.1, 0.15) is 29.7 Å². The molecule has 0 amide bonds. The fraction of sp³-hybridized carbons (Fsp3) is 0.348. The Morgan fingerprint density at radius 2 is 1.94 bits per heavy atom. The average Bonchev–Trinajstić information content (AvgIpc) is 3.48. The van der Waals surface area contributed by atoms with Gasteiger partial charge in [0.25, 0.3) is 0 Å². The van der Waals surface area contributed by atoms with Crippen LogP contribution in [0.15, 0.2) is 47.3 Å². The van der Waals surface area contributed by atoms with Gasteiger partial charge < -0.3 is 26.2 Å². The molecule has 1 saturated carbocycles. The molecule has 6 rings (SSSR count). The van der Waals surface area contributed by atoms with E-state index in [0.29, 0.717) is 23.7 Å². The van der Waals surface area contributed by atoms with Crippen LogP contribution in [0.5, 0.6) is 0 Å². The maximum absolute atomic E-state index is 11.2. The van der Waals surface area contributed by atoms with Crippen LogP contribution in [0.25, 0.3) is 21.9 Å². The fourth-order valence-corrected chi connectivity index (χ4v) is 7.50. The van der Waals surface area contributed by atoms with Gasteiger partial charge in [-0.15, -0.1) is 0 Å². The molecule has 1 aliphatic carbocycles. The molecule has 3 aromatic heterocycles. The molecule has 0 radical (unpaired) electrons. The van der Waals surface area contributed by atoms with Crippen molar-refractivity contribution in [2.75, 3.05) is 17.2 Å². The number of anilines is 2. The number of hydrogen-bond donors (Lipinski definition) is 4. The van der Waals surface area contributed by atoms with Gasteiger partial charge in [-0.25, -0.2) is 15.0 Å². The molecule has 2 fully saturated rings. The van der Waals surface area contributed by atoms with Crippen molar-refractivity contribution < 1.29 is 10.2 Å². The van der Waals surface area contributed by atoms with Gasteiger partial charge in [0.05, 0.1) is 27.5 Å². The number of hydrogen-bond acceptors (Lipinski definition) is 8. The minimum atomic E-state index is -0.883. The largest absolute Gasteiger partial charge is 0.390 e. The number of aliphatic hydroxyl groups is 2. The van der Waals surface area contributed by atoms with Crippen LogP contribution in [0, 0.1) is 5.41 Å². The molecule has 33 heavy (non-hydrogen) atoms. The Labute approximate surface area is 202 Å².